The summed E-state index contributed by atoms with van der Waals surface area (Å²) in [4.78, 5) is 26.7. The predicted molar refractivity (Wildman–Crippen MR) is 72.9 cm³/mol. The molecule has 0 radical (unpaired) electrons. The summed E-state index contributed by atoms with van der Waals surface area (Å²) in [5, 5.41) is 4.43. The van der Waals surface area contributed by atoms with Gasteiger partial charge in [0.15, 0.2) is 5.13 Å². The Bertz CT molecular complexity index is 606. The standard InChI is InChI=1S/C12H12N4O2S/c13-5-7-1-3-8(4-2-7)11(18)16-12-15-9(6-19-12)10(14)17/h1-4,6H,5,13H2,(H2,14,17)(H,15,16,18). The molecule has 0 saturated carbocycles. The van der Waals surface area contributed by atoms with Crippen LogP contribution in [-0.4, -0.2) is 16.8 Å². The van der Waals surface area contributed by atoms with E-state index in [9.17, 15) is 9.59 Å². The van der Waals surface area contributed by atoms with E-state index in [1.54, 1.807) is 24.3 Å². The first kappa shape index (κ1) is 13.2. The number of thiazole rings is 1. The Morgan fingerprint density at radius 3 is 2.47 bits per heavy atom. The highest BCUT2D eigenvalue weighted by Gasteiger charge is 2.11. The van der Waals surface area contributed by atoms with Crippen molar-refractivity contribution >= 4 is 28.3 Å². The van der Waals surface area contributed by atoms with Gasteiger partial charge in [0.2, 0.25) is 0 Å². The van der Waals surface area contributed by atoms with Crippen LogP contribution in [0.15, 0.2) is 29.6 Å². The zero-order valence-electron chi connectivity index (χ0n) is 9.92. The number of nitrogens with one attached hydrogen (secondary N) is 1. The highest BCUT2D eigenvalue weighted by Crippen LogP contribution is 2.16. The zero-order chi connectivity index (χ0) is 13.8. The number of amides is 2. The summed E-state index contributed by atoms with van der Waals surface area (Å²) in [6.07, 6.45) is 0. The lowest BCUT2D eigenvalue weighted by molar-refractivity contribution is 0.0992. The van der Waals surface area contributed by atoms with Crippen LogP contribution in [0.3, 0.4) is 0 Å². The van der Waals surface area contributed by atoms with Crippen molar-refractivity contribution in [3.8, 4) is 0 Å². The highest BCUT2D eigenvalue weighted by atomic mass is 32.1. The van der Waals surface area contributed by atoms with Crippen LogP contribution in [0, 0.1) is 0 Å². The lowest BCUT2D eigenvalue weighted by atomic mass is 10.1. The fraction of sp³-hybridized carbons (Fsp3) is 0.0833. The molecule has 7 heteroatoms. The number of nitrogens with zero attached hydrogens (tertiary/aromatic N) is 1. The van der Waals surface area contributed by atoms with E-state index in [1.165, 1.54) is 5.38 Å². The number of rotatable bonds is 4. The number of anilines is 1. The van der Waals surface area contributed by atoms with Crippen LogP contribution in [0.1, 0.15) is 26.4 Å². The normalized spacial score (nSPS) is 10.2. The molecule has 0 aliphatic carbocycles. The number of carbonyl (C=O) groups excluding carboxylic acids is 2. The Labute approximate surface area is 113 Å². The summed E-state index contributed by atoms with van der Waals surface area (Å²) in [6.45, 7) is 0.427. The predicted octanol–water partition coefficient (Wildman–Crippen LogP) is 0.953. The maximum absolute atomic E-state index is 11.9. The first-order valence-corrected chi connectivity index (χ1v) is 6.34. The molecule has 0 aliphatic rings. The van der Waals surface area contributed by atoms with E-state index in [4.69, 9.17) is 11.5 Å². The van der Waals surface area contributed by atoms with E-state index in [0.717, 1.165) is 16.9 Å². The molecule has 0 spiro atoms. The third kappa shape index (κ3) is 3.15. The average molecular weight is 276 g/mol. The van der Waals surface area contributed by atoms with Crippen LogP contribution < -0.4 is 16.8 Å². The molecule has 0 saturated heterocycles. The molecule has 1 heterocycles. The Morgan fingerprint density at radius 1 is 1.26 bits per heavy atom. The fourth-order valence-electron chi connectivity index (χ4n) is 1.41. The maximum Gasteiger partial charge on any atom is 0.268 e. The van der Waals surface area contributed by atoms with Crippen molar-refractivity contribution in [1.82, 2.24) is 4.98 Å². The number of aromatic nitrogens is 1. The maximum atomic E-state index is 11.9. The van der Waals surface area contributed by atoms with Gasteiger partial charge in [0.25, 0.3) is 11.8 Å². The van der Waals surface area contributed by atoms with Crippen LogP contribution in [0.25, 0.3) is 0 Å². The van der Waals surface area contributed by atoms with Gasteiger partial charge >= 0.3 is 0 Å². The van der Waals surface area contributed by atoms with Crippen molar-refractivity contribution in [3.63, 3.8) is 0 Å². The average Bonchev–Trinajstić information content (AvgIpc) is 2.87. The molecule has 1 aromatic carbocycles. The first-order valence-electron chi connectivity index (χ1n) is 5.46. The smallest absolute Gasteiger partial charge is 0.268 e. The van der Waals surface area contributed by atoms with Crippen molar-refractivity contribution in [2.45, 2.75) is 6.54 Å². The van der Waals surface area contributed by atoms with Gasteiger partial charge in [0, 0.05) is 17.5 Å². The molecular formula is C12H12N4O2S. The molecule has 2 rings (SSSR count). The molecule has 98 valence electrons. The van der Waals surface area contributed by atoms with Gasteiger partial charge in [-0.2, -0.15) is 0 Å². The van der Waals surface area contributed by atoms with E-state index >= 15 is 0 Å². The van der Waals surface area contributed by atoms with E-state index in [-0.39, 0.29) is 11.6 Å². The molecule has 2 amide bonds. The number of benzene rings is 1. The quantitative estimate of drug-likeness (QED) is 0.772. The summed E-state index contributed by atoms with van der Waals surface area (Å²) < 4.78 is 0. The van der Waals surface area contributed by atoms with Gasteiger partial charge < -0.3 is 11.5 Å². The molecule has 0 aliphatic heterocycles. The molecule has 5 N–H and O–H groups in total. The van der Waals surface area contributed by atoms with Crippen molar-refractivity contribution in [3.05, 3.63) is 46.5 Å². The van der Waals surface area contributed by atoms with Crippen LogP contribution in [0.5, 0.6) is 0 Å². The van der Waals surface area contributed by atoms with Gasteiger partial charge in [-0.15, -0.1) is 11.3 Å². The third-order valence-corrected chi connectivity index (χ3v) is 3.19. The molecule has 1 aromatic heterocycles. The molecule has 0 fully saturated rings. The van der Waals surface area contributed by atoms with Crippen LogP contribution in [-0.2, 0) is 6.54 Å². The first-order chi connectivity index (χ1) is 9.10. The Kier molecular flexibility index (Phi) is 3.88. The molecule has 0 bridgehead atoms. The summed E-state index contributed by atoms with van der Waals surface area (Å²) >= 11 is 1.14. The van der Waals surface area contributed by atoms with E-state index in [0.29, 0.717) is 17.2 Å². The van der Waals surface area contributed by atoms with Gasteiger partial charge in [-0.05, 0) is 17.7 Å². The molecule has 2 aromatic rings. The Morgan fingerprint density at radius 2 is 1.95 bits per heavy atom. The van der Waals surface area contributed by atoms with Crippen molar-refractivity contribution < 1.29 is 9.59 Å². The molecule has 0 unspecified atom stereocenters. The molecule has 0 atom stereocenters. The number of primary amides is 1. The number of hydrogen-bond donors (Lipinski definition) is 3. The van der Waals surface area contributed by atoms with Gasteiger partial charge in [-0.3, -0.25) is 14.9 Å². The fourth-order valence-corrected chi connectivity index (χ4v) is 2.10. The summed E-state index contributed by atoms with van der Waals surface area (Å²) in [5.41, 5.74) is 12.1. The third-order valence-electron chi connectivity index (χ3n) is 2.43. The van der Waals surface area contributed by atoms with Gasteiger partial charge in [-0.25, -0.2) is 4.98 Å². The van der Waals surface area contributed by atoms with Gasteiger partial charge in [0.05, 0.1) is 0 Å². The topological polar surface area (TPSA) is 111 Å². The van der Waals surface area contributed by atoms with Gasteiger partial charge in [0.1, 0.15) is 5.69 Å². The number of hydrogen-bond acceptors (Lipinski definition) is 5. The van der Waals surface area contributed by atoms with Crippen molar-refractivity contribution in [2.24, 2.45) is 11.5 Å². The van der Waals surface area contributed by atoms with E-state index in [1.807, 2.05) is 0 Å². The van der Waals surface area contributed by atoms with E-state index in [2.05, 4.69) is 10.3 Å². The summed E-state index contributed by atoms with van der Waals surface area (Å²) in [6, 6.07) is 6.93. The van der Waals surface area contributed by atoms with Gasteiger partial charge in [-0.1, -0.05) is 12.1 Å². The zero-order valence-corrected chi connectivity index (χ0v) is 10.7. The molecule has 6 nitrogen and oxygen atoms in total. The Balaban J connectivity index is 2.08. The van der Waals surface area contributed by atoms with E-state index < -0.39 is 5.91 Å². The summed E-state index contributed by atoms with van der Waals surface area (Å²) in [7, 11) is 0. The molecule has 19 heavy (non-hydrogen) atoms. The lowest BCUT2D eigenvalue weighted by Gasteiger charge is -2.02. The Hall–Kier alpha value is -2.25. The molecular weight excluding hydrogens is 264 g/mol. The largest absolute Gasteiger partial charge is 0.364 e. The monoisotopic (exact) mass is 276 g/mol. The van der Waals surface area contributed by atoms with Crippen molar-refractivity contribution in [1.29, 1.82) is 0 Å². The number of carbonyl (C=O) groups is 2. The highest BCUT2D eigenvalue weighted by molar-refractivity contribution is 7.14. The van der Waals surface area contributed by atoms with Crippen LogP contribution in [0.2, 0.25) is 0 Å². The lowest BCUT2D eigenvalue weighted by Crippen LogP contribution is -2.14. The minimum absolute atomic E-state index is 0.138. The SMILES string of the molecule is NCc1ccc(C(=O)Nc2nc(C(N)=O)cs2)cc1. The summed E-state index contributed by atoms with van der Waals surface area (Å²) in [5.74, 6) is -0.919. The van der Waals surface area contributed by atoms with Crippen LogP contribution in [0.4, 0.5) is 5.13 Å². The van der Waals surface area contributed by atoms with Crippen molar-refractivity contribution in [2.75, 3.05) is 5.32 Å². The second-order valence-corrected chi connectivity index (χ2v) is 4.62. The number of nitrogens with two attached hydrogens (primary N) is 2. The minimum atomic E-state index is -0.621. The van der Waals surface area contributed by atoms with Crippen LogP contribution >= 0.6 is 11.3 Å². The minimum Gasteiger partial charge on any atom is -0.364 e. The second kappa shape index (κ2) is 5.59. The second-order valence-electron chi connectivity index (χ2n) is 3.76.